The van der Waals surface area contributed by atoms with Crippen LogP contribution < -0.4 is 10.6 Å². The Balaban J connectivity index is 1.71. The fraction of sp³-hybridized carbons (Fsp3) is 0.913. The fourth-order valence-electron chi connectivity index (χ4n) is 4.67. The predicted molar refractivity (Wildman–Crippen MR) is 146 cm³/mol. The quantitative estimate of drug-likeness (QED) is 0.0627. The van der Waals surface area contributed by atoms with Crippen molar-refractivity contribution in [3.8, 4) is 0 Å². The van der Waals surface area contributed by atoms with E-state index in [2.05, 4.69) is 10.6 Å². The molecule has 6 N–H and O–H groups in total. The van der Waals surface area contributed by atoms with Gasteiger partial charge >= 0.3 is 6.72 Å². The van der Waals surface area contributed by atoms with Crippen LogP contribution in [0.2, 0.25) is 0 Å². The van der Waals surface area contributed by atoms with Crippen LogP contribution in [0.3, 0.4) is 0 Å². The van der Waals surface area contributed by atoms with Gasteiger partial charge in [-0.25, -0.2) is 0 Å². The van der Waals surface area contributed by atoms with Gasteiger partial charge in [0.2, 0.25) is 11.8 Å². The molecule has 230 valence electrons. The number of ether oxygens (including phenoxy) is 4. The standard InChI is InChI=1S/C23H42BN2O12PS/c1-13(28)26-18-20(31)19(30)15(11-27)37-23(18)35-10-5-4-8-17(29)25-9-6-7-14-21(38-39(32,40)34-3)16(12-33-2)36-22(14)24/h14-16,18-23,27,30-31H,4-12H2,1-3H3,(H,25,29)(H,26,28)(H,32,40)/t14?,15-,16-,18-,19+,20-,21-,22-,23-,39?/m1/s1. The molecule has 2 rings (SSSR count). The molecule has 0 bridgehead atoms. The minimum Gasteiger partial charge on any atom is -0.394 e. The summed E-state index contributed by atoms with van der Waals surface area (Å²) in [5.74, 6) is -0.871. The zero-order valence-electron chi connectivity index (χ0n) is 23.0. The molecule has 17 heteroatoms. The normalized spacial score (nSPS) is 33.8. The van der Waals surface area contributed by atoms with Gasteiger partial charge in [0.25, 0.3) is 0 Å². The summed E-state index contributed by atoms with van der Waals surface area (Å²) >= 11 is 4.98. The first kappa shape index (κ1) is 35.5. The first-order valence-electron chi connectivity index (χ1n) is 13.2. The van der Waals surface area contributed by atoms with Crippen LogP contribution in [0.15, 0.2) is 0 Å². The van der Waals surface area contributed by atoms with Crippen LogP contribution >= 0.6 is 6.72 Å². The summed E-state index contributed by atoms with van der Waals surface area (Å²) in [6.45, 7) is -1.95. The van der Waals surface area contributed by atoms with Gasteiger partial charge in [-0.2, -0.15) is 0 Å². The summed E-state index contributed by atoms with van der Waals surface area (Å²) in [5.41, 5.74) is 0. The van der Waals surface area contributed by atoms with Crippen LogP contribution in [-0.4, -0.2) is 129 Å². The van der Waals surface area contributed by atoms with E-state index in [1.807, 2.05) is 0 Å². The van der Waals surface area contributed by atoms with Crippen LogP contribution in [-0.2, 0) is 49.4 Å². The lowest BCUT2D eigenvalue weighted by molar-refractivity contribution is -0.270. The van der Waals surface area contributed by atoms with E-state index < -0.39 is 68.1 Å². The van der Waals surface area contributed by atoms with Gasteiger partial charge in [0.05, 0.1) is 13.2 Å². The molecule has 0 aromatic heterocycles. The van der Waals surface area contributed by atoms with Crippen LogP contribution in [0, 0.1) is 5.92 Å². The fourth-order valence-corrected chi connectivity index (χ4v) is 5.65. The summed E-state index contributed by atoms with van der Waals surface area (Å²) in [4.78, 5) is 33.9. The number of aliphatic hydroxyl groups excluding tert-OH is 3. The molecule has 0 aromatic rings. The minimum absolute atomic E-state index is 0.147. The Morgan fingerprint density at radius 1 is 1.10 bits per heavy atom. The van der Waals surface area contributed by atoms with Gasteiger partial charge in [-0.3, -0.25) is 9.59 Å². The SMILES string of the molecule is [B][C@@H]1O[C@H](COC)[C@H](OP(O)(=S)OC)C1CCCNC(=O)CCCCO[C@@H]1O[C@H](CO)[C@H](O)[C@H](O)[C@H]1NC(C)=O. The van der Waals surface area contributed by atoms with Crippen molar-refractivity contribution < 1.29 is 57.8 Å². The van der Waals surface area contributed by atoms with Gasteiger partial charge in [-0.1, -0.05) is 0 Å². The molecule has 2 amide bonds. The number of rotatable bonds is 17. The molecule has 2 aliphatic heterocycles. The highest BCUT2D eigenvalue weighted by atomic mass is 32.5. The lowest BCUT2D eigenvalue weighted by Crippen LogP contribution is -2.64. The number of hydrogen-bond donors (Lipinski definition) is 6. The van der Waals surface area contributed by atoms with E-state index in [0.717, 1.165) is 0 Å². The van der Waals surface area contributed by atoms with Crippen molar-refractivity contribution in [1.29, 1.82) is 0 Å². The molecular formula is C23H42BN2O12PS. The predicted octanol–water partition coefficient (Wildman–Crippen LogP) is -1.58. The summed E-state index contributed by atoms with van der Waals surface area (Å²) < 4.78 is 32.6. The van der Waals surface area contributed by atoms with Gasteiger partial charge in [-0.15, -0.1) is 0 Å². The van der Waals surface area contributed by atoms with Crippen molar-refractivity contribution >= 4 is 38.2 Å². The van der Waals surface area contributed by atoms with E-state index in [-0.39, 0.29) is 31.5 Å². The zero-order chi connectivity index (χ0) is 29.9. The molecule has 40 heavy (non-hydrogen) atoms. The van der Waals surface area contributed by atoms with Gasteiger partial charge < -0.3 is 58.8 Å². The van der Waals surface area contributed by atoms with Crippen molar-refractivity contribution in [1.82, 2.24) is 10.6 Å². The molecule has 2 unspecified atom stereocenters. The number of carbonyl (C=O) groups excluding carboxylic acids is 2. The Bertz CT molecular complexity index is 848. The number of methoxy groups -OCH3 is 1. The van der Waals surface area contributed by atoms with Gasteiger partial charge in [0, 0.05) is 52.6 Å². The first-order chi connectivity index (χ1) is 18.9. The van der Waals surface area contributed by atoms with Gasteiger partial charge in [0.1, 0.15) is 44.4 Å². The summed E-state index contributed by atoms with van der Waals surface area (Å²) in [6.07, 6.45) is -3.64. The van der Waals surface area contributed by atoms with Crippen molar-refractivity contribution in [2.75, 3.05) is 40.6 Å². The maximum absolute atomic E-state index is 12.3. The van der Waals surface area contributed by atoms with Crippen LogP contribution in [0.1, 0.15) is 39.0 Å². The monoisotopic (exact) mass is 612 g/mol. The first-order valence-corrected chi connectivity index (χ1v) is 15.8. The second-order valence-corrected chi connectivity index (χ2v) is 12.6. The molecule has 0 aliphatic carbocycles. The van der Waals surface area contributed by atoms with Crippen molar-refractivity contribution in [2.24, 2.45) is 5.92 Å². The van der Waals surface area contributed by atoms with E-state index >= 15 is 0 Å². The zero-order valence-corrected chi connectivity index (χ0v) is 24.8. The van der Waals surface area contributed by atoms with Crippen LogP contribution in [0.4, 0.5) is 0 Å². The van der Waals surface area contributed by atoms with Gasteiger partial charge in [0.15, 0.2) is 6.29 Å². The number of carbonyl (C=O) groups is 2. The Morgan fingerprint density at radius 2 is 1.82 bits per heavy atom. The number of unbranched alkanes of at least 4 members (excludes halogenated alkanes) is 1. The molecule has 0 saturated carbocycles. The average molecular weight is 612 g/mol. The number of hydrogen-bond acceptors (Lipinski definition) is 12. The van der Waals surface area contributed by atoms with Crippen molar-refractivity contribution in [3.05, 3.63) is 0 Å². The van der Waals surface area contributed by atoms with E-state index in [1.165, 1.54) is 21.1 Å². The summed E-state index contributed by atoms with van der Waals surface area (Å²) in [5, 5.41) is 35.1. The molecule has 0 spiro atoms. The number of aliphatic hydroxyl groups is 3. The third kappa shape index (κ3) is 10.8. The number of amides is 2. The lowest BCUT2D eigenvalue weighted by Gasteiger charge is -2.42. The molecule has 2 aliphatic rings. The van der Waals surface area contributed by atoms with E-state index in [4.69, 9.17) is 47.6 Å². The second kappa shape index (κ2) is 17.4. The van der Waals surface area contributed by atoms with Crippen molar-refractivity contribution in [2.45, 2.75) is 87.9 Å². The highest BCUT2D eigenvalue weighted by Crippen LogP contribution is 2.48. The number of nitrogens with one attached hydrogen (secondary N) is 2. The molecule has 2 fully saturated rings. The van der Waals surface area contributed by atoms with E-state index in [1.54, 1.807) is 0 Å². The molecule has 14 nitrogen and oxygen atoms in total. The third-order valence-electron chi connectivity index (χ3n) is 6.73. The minimum atomic E-state index is -3.45. The van der Waals surface area contributed by atoms with Gasteiger partial charge in [-0.05, 0) is 37.5 Å². The van der Waals surface area contributed by atoms with E-state index in [9.17, 15) is 29.8 Å². The molecule has 2 radical (unpaired) electrons. The summed E-state index contributed by atoms with van der Waals surface area (Å²) in [6, 6.07) is -1.66. The molecule has 2 heterocycles. The van der Waals surface area contributed by atoms with Crippen molar-refractivity contribution in [3.63, 3.8) is 0 Å². The maximum Gasteiger partial charge on any atom is 0.324 e. The Kier molecular flexibility index (Phi) is 15.4. The molecule has 2 saturated heterocycles. The smallest absolute Gasteiger partial charge is 0.324 e. The van der Waals surface area contributed by atoms with Crippen LogP contribution in [0.25, 0.3) is 0 Å². The lowest BCUT2D eigenvalue weighted by atomic mass is 9.82. The average Bonchev–Trinajstić information content (AvgIpc) is 3.18. The maximum atomic E-state index is 12.3. The van der Waals surface area contributed by atoms with Crippen LogP contribution in [0.5, 0.6) is 0 Å². The highest BCUT2D eigenvalue weighted by molar-refractivity contribution is 8.07. The third-order valence-corrected chi connectivity index (χ3v) is 8.40. The summed E-state index contributed by atoms with van der Waals surface area (Å²) in [7, 11) is 8.92. The second-order valence-electron chi connectivity index (χ2n) is 9.73. The Morgan fingerprint density at radius 3 is 2.45 bits per heavy atom. The molecule has 10 atom stereocenters. The molecular weight excluding hydrogens is 570 g/mol. The van der Waals surface area contributed by atoms with E-state index in [0.29, 0.717) is 32.2 Å². The largest absolute Gasteiger partial charge is 0.394 e. The molecule has 0 aromatic carbocycles. The Labute approximate surface area is 241 Å². The Hall–Kier alpha value is -0.745. The highest BCUT2D eigenvalue weighted by Gasteiger charge is 2.46. The topological polar surface area (TPSA) is 194 Å².